The van der Waals surface area contributed by atoms with E-state index >= 15 is 0 Å². The van der Waals surface area contributed by atoms with Gasteiger partial charge in [-0.25, -0.2) is 5.84 Å². The number of nitrogen functional groups attached to an aromatic ring is 1. The molecule has 0 aliphatic carbocycles. The fourth-order valence-corrected chi connectivity index (χ4v) is 1.98. The monoisotopic (exact) mass is 266 g/mol. The Kier molecular flexibility index (Phi) is 3.93. The maximum Gasteiger partial charge on any atom is 0.270 e. The van der Waals surface area contributed by atoms with Gasteiger partial charge in [-0.2, -0.15) is 0 Å². The summed E-state index contributed by atoms with van der Waals surface area (Å²) in [4.78, 5) is 23.9. The predicted octanol–water partition coefficient (Wildman–Crippen LogP) is 0.0349. The number of morpholine rings is 1. The standard InChI is InChI=1S/C11H14N4O4/c12-13-11(16)9-7-8(15(17)18)1-2-10(9)14-3-5-19-6-4-14/h1-2,7H,3-6,12H2,(H,13,16). The second-order valence-corrected chi connectivity index (χ2v) is 4.03. The molecule has 8 nitrogen and oxygen atoms in total. The van der Waals surface area contributed by atoms with Gasteiger partial charge in [0.1, 0.15) is 0 Å². The molecule has 102 valence electrons. The largest absolute Gasteiger partial charge is 0.378 e. The molecule has 1 amide bonds. The molecule has 0 spiro atoms. The first-order chi connectivity index (χ1) is 9.13. The van der Waals surface area contributed by atoms with E-state index in [4.69, 9.17) is 10.6 Å². The van der Waals surface area contributed by atoms with Crippen molar-refractivity contribution in [3.63, 3.8) is 0 Å². The summed E-state index contributed by atoms with van der Waals surface area (Å²) in [6, 6.07) is 4.17. The van der Waals surface area contributed by atoms with Gasteiger partial charge in [-0.3, -0.25) is 20.3 Å². The van der Waals surface area contributed by atoms with Crippen molar-refractivity contribution in [3.05, 3.63) is 33.9 Å². The first-order valence-electron chi connectivity index (χ1n) is 5.75. The first kappa shape index (κ1) is 13.2. The van der Waals surface area contributed by atoms with Gasteiger partial charge in [0.05, 0.1) is 29.4 Å². The van der Waals surface area contributed by atoms with E-state index < -0.39 is 10.8 Å². The Morgan fingerprint density at radius 1 is 1.42 bits per heavy atom. The number of non-ortho nitro benzene ring substituents is 1. The summed E-state index contributed by atoms with van der Waals surface area (Å²) in [5.74, 6) is 4.57. The molecule has 0 atom stereocenters. The zero-order valence-corrected chi connectivity index (χ0v) is 10.2. The highest BCUT2D eigenvalue weighted by molar-refractivity contribution is 6.00. The number of rotatable bonds is 3. The maximum atomic E-state index is 11.7. The van der Waals surface area contributed by atoms with Crippen LogP contribution in [0.3, 0.4) is 0 Å². The van der Waals surface area contributed by atoms with Crippen LogP contribution in [0.15, 0.2) is 18.2 Å². The normalized spacial score (nSPS) is 15.1. The minimum atomic E-state index is -0.551. The van der Waals surface area contributed by atoms with Crippen molar-refractivity contribution in [2.45, 2.75) is 0 Å². The molecule has 19 heavy (non-hydrogen) atoms. The van der Waals surface area contributed by atoms with Crippen molar-refractivity contribution in [1.29, 1.82) is 0 Å². The first-order valence-corrected chi connectivity index (χ1v) is 5.75. The average molecular weight is 266 g/mol. The lowest BCUT2D eigenvalue weighted by Gasteiger charge is -2.30. The van der Waals surface area contributed by atoms with Crippen molar-refractivity contribution in [2.75, 3.05) is 31.2 Å². The highest BCUT2D eigenvalue weighted by atomic mass is 16.6. The molecule has 1 aromatic rings. The topological polar surface area (TPSA) is 111 Å². The Morgan fingerprint density at radius 3 is 2.68 bits per heavy atom. The predicted molar refractivity (Wildman–Crippen MR) is 67.8 cm³/mol. The Hall–Kier alpha value is -2.19. The van der Waals surface area contributed by atoms with E-state index in [0.29, 0.717) is 32.0 Å². The number of carbonyl (C=O) groups is 1. The van der Waals surface area contributed by atoms with Gasteiger partial charge in [0, 0.05) is 25.2 Å². The van der Waals surface area contributed by atoms with Gasteiger partial charge in [0.2, 0.25) is 0 Å². The van der Waals surface area contributed by atoms with Gasteiger partial charge in [0.15, 0.2) is 0 Å². The van der Waals surface area contributed by atoms with Crippen LogP contribution in [0.2, 0.25) is 0 Å². The summed E-state index contributed by atoms with van der Waals surface area (Å²) in [7, 11) is 0. The Morgan fingerprint density at radius 2 is 2.11 bits per heavy atom. The van der Waals surface area contributed by atoms with E-state index in [1.54, 1.807) is 6.07 Å². The molecule has 0 bridgehead atoms. The molecule has 0 unspecified atom stereocenters. The van der Waals surface area contributed by atoms with E-state index in [1.807, 2.05) is 10.3 Å². The van der Waals surface area contributed by atoms with E-state index in [-0.39, 0.29) is 11.3 Å². The van der Waals surface area contributed by atoms with Crippen molar-refractivity contribution in [2.24, 2.45) is 5.84 Å². The van der Waals surface area contributed by atoms with Gasteiger partial charge in [-0.15, -0.1) is 0 Å². The summed E-state index contributed by atoms with van der Waals surface area (Å²) in [6.07, 6.45) is 0. The minimum Gasteiger partial charge on any atom is -0.378 e. The zero-order valence-electron chi connectivity index (χ0n) is 10.2. The number of nitro groups is 1. The van der Waals surface area contributed by atoms with Gasteiger partial charge in [0.25, 0.3) is 11.6 Å². The van der Waals surface area contributed by atoms with Crippen LogP contribution >= 0.6 is 0 Å². The van der Waals surface area contributed by atoms with Crippen LogP contribution in [0.5, 0.6) is 0 Å². The number of nitrogens with one attached hydrogen (secondary N) is 1. The summed E-state index contributed by atoms with van der Waals surface area (Å²) < 4.78 is 5.23. The highest BCUT2D eigenvalue weighted by Crippen LogP contribution is 2.26. The molecule has 0 radical (unpaired) electrons. The maximum absolute atomic E-state index is 11.7. The molecule has 2 rings (SSSR count). The Balaban J connectivity index is 2.40. The van der Waals surface area contributed by atoms with E-state index in [9.17, 15) is 14.9 Å². The SMILES string of the molecule is NNC(=O)c1cc([N+](=O)[O-])ccc1N1CCOCC1. The van der Waals surface area contributed by atoms with Crippen LogP contribution in [-0.4, -0.2) is 37.1 Å². The molecule has 1 fully saturated rings. The number of nitrogens with two attached hydrogens (primary N) is 1. The lowest BCUT2D eigenvalue weighted by atomic mass is 10.1. The smallest absolute Gasteiger partial charge is 0.270 e. The Labute approximate surface area is 109 Å². The molecule has 1 saturated heterocycles. The van der Waals surface area contributed by atoms with E-state index in [2.05, 4.69) is 0 Å². The lowest BCUT2D eigenvalue weighted by molar-refractivity contribution is -0.384. The van der Waals surface area contributed by atoms with Gasteiger partial charge in [-0.05, 0) is 6.07 Å². The third-order valence-corrected chi connectivity index (χ3v) is 2.92. The number of benzene rings is 1. The summed E-state index contributed by atoms with van der Waals surface area (Å²) in [5.41, 5.74) is 2.68. The molecular weight excluding hydrogens is 252 g/mol. The number of carbonyl (C=O) groups excluding carboxylic acids is 1. The van der Waals surface area contributed by atoms with Gasteiger partial charge < -0.3 is 9.64 Å². The fraction of sp³-hybridized carbons (Fsp3) is 0.364. The minimum absolute atomic E-state index is 0.143. The Bertz CT molecular complexity index is 499. The number of hydrogen-bond acceptors (Lipinski definition) is 6. The summed E-state index contributed by atoms with van der Waals surface area (Å²) in [6.45, 7) is 2.37. The summed E-state index contributed by atoms with van der Waals surface area (Å²) >= 11 is 0. The third-order valence-electron chi connectivity index (χ3n) is 2.92. The van der Waals surface area contributed by atoms with Gasteiger partial charge >= 0.3 is 0 Å². The molecule has 1 heterocycles. The number of anilines is 1. The number of hydrazine groups is 1. The highest BCUT2D eigenvalue weighted by Gasteiger charge is 2.21. The van der Waals surface area contributed by atoms with Crippen molar-refractivity contribution in [3.8, 4) is 0 Å². The molecule has 1 aromatic carbocycles. The molecule has 8 heteroatoms. The second-order valence-electron chi connectivity index (χ2n) is 4.03. The molecular formula is C11H14N4O4. The lowest BCUT2D eigenvalue weighted by Crippen LogP contribution is -2.38. The summed E-state index contributed by atoms with van der Waals surface area (Å²) in [5, 5.41) is 10.8. The number of nitrogens with zero attached hydrogens (tertiary/aromatic N) is 2. The van der Waals surface area contributed by atoms with Crippen LogP contribution in [0.4, 0.5) is 11.4 Å². The average Bonchev–Trinajstić information content (AvgIpc) is 2.46. The van der Waals surface area contributed by atoms with Crippen LogP contribution in [-0.2, 0) is 4.74 Å². The second kappa shape index (κ2) is 5.63. The number of ether oxygens (including phenoxy) is 1. The van der Waals surface area contributed by atoms with E-state index in [1.165, 1.54) is 12.1 Å². The van der Waals surface area contributed by atoms with Crippen LogP contribution in [0.25, 0.3) is 0 Å². The molecule has 0 saturated carbocycles. The molecule has 0 aromatic heterocycles. The number of hydrogen-bond donors (Lipinski definition) is 2. The number of amides is 1. The van der Waals surface area contributed by atoms with Crippen molar-refractivity contribution < 1.29 is 14.5 Å². The van der Waals surface area contributed by atoms with Crippen LogP contribution < -0.4 is 16.2 Å². The fourth-order valence-electron chi connectivity index (χ4n) is 1.98. The van der Waals surface area contributed by atoms with Crippen LogP contribution in [0.1, 0.15) is 10.4 Å². The van der Waals surface area contributed by atoms with E-state index in [0.717, 1.165) is 0 Å². The quantitative estimate of drug-likeness (QED) is 0.346. The molecule has 3 N–H and O–H groups in total. The van der Waals surface area contributed by atoms with Crippen molar-refractivity contribution in [1.82, 2.24) is 5.43 Å². The zero-order chi connectivity index (χ0) is 13.8. The third kappa shape index (κ3) is 2.80. The number of nitro benzene ring substituents is 1. The van der Waals surface area contributed by atoms with Crippen molar-refractivity contribution >= 4 is 17.3 Å². The molecule has 1 aliphatic rings. The molecule has 1 aliphatic heterocycles. The van der Waals surface area contributed by atoms with Crippen LogP contribution in [0, 0.1) is 10.1 Å². The van der Waals surface area contributed by atoms with Gasteiger partial charge in [-0.1, -0.05) is 0 Å².